The van der Waals surface area contributed by atoms with Crippen LogP contribution in [-0.2, 0) is 16.8 Å². The lowest BCUT2D eigenvalue weighted by molar-refractivity contribution is -0.112. The molecular weight excluding hydrogens is 400 g/mol. The smallest absolute Gasteiger partial charge is 0.191 e. The van der Waals surface area contributed by atoms with Crippen molar-refractivity contribution >= 4 is 34.6 Å². The predicted molar refractivity (Wildman–Crippen MR) is 121 cm³/mol. The fraction of sp³-hybridized carbons (Fsp3) is 0.318. The van der Waals surface area contributed by atoms with Gasteiger partial charge in [0, 0.05) is 36.5 Å². The van der Waals surface area contributed by atoms with Crippen molar-refractivity contribution in [2.24, 2.45) is 0 Å². The fourth-order valence-corrected chi connectivity index (χ4v) is 5.40. The molecule has 1 aromatic carbocycles. The van der Waals surface area contributed by atoms with Gasteiger partial charge >= 0.3 is 0 Å². The van der Waals surface area contributed by atoms with Gasteiger partial charge in [0.1, 0.15) is 0 Å². The Labute approximate surface area is 179 Å². The van der Waals surface area contributed by atoms with Crippen molar-refractivity contribution in [3.05, 3.63) is 59.1 Å². The van der Waals surface area contributed by atoms with Crippen LogP contribution in [0.4, 0.5) is 5.69 Å². The van der Waals surface area contributed by atoms with E-state index in [4.69, 9.17) is 0 Å². The summed E-state index contributed by atoms with van der Waals surface area (Å²) in [7, 11) is 2.03. The Kier molecular flexibility index (Phi) is 5.36. The van der Waals surface area contributed by atoms with Gasteiger partial charge in [-0.25, -0.2) is 0 Å². The van der Waals surface area contributed by atoms with Crippen LogP contribution < -0.4 is 4.90 Å². The summed E-state index contributed by atoms with van der Waals surface area (Å²) in [6, 6.07) is 12.4. The lowest BCUT2D eigenvalue weighted by Gasteiger charge is -2.23. The Balaban J connectivity index is 1.52. The number of aromatic nitrogens is 3. The minimum atomic E-state index is -0.193. The average molecular weight is 425 g/mol. The van der Waals surface area contributed by atoms with Gasteiger partial charge in [0.15, 0.2) is 16.8 Å². The van der Waals surface area contributed by atoms with Crippen LogP contribution in [0.2, 0.25) is 0 Å². The Bertz CT molecular complexity index is 1070. The minimum absolute atomic E-state index is 0.0843. The van der Waals surface area contributed by atoms with Crippen LogP contribution in [0.3, 0.4) is 0 Å². The lowest BCUT2D eigenvalue weighted by Crippen LogP contribution is -2.24. The van der Waals surface area contributed by atoms with E-state index in [2.05, 4.69) is 58.6 Å². The van der Waals surface area contributed by atoms with Gasteiger partial charge < -0.3 is 9.47 Å². The maximum absolute atomic E-state index is 12.8. The number of carbonyl (C=O) groups excluding carboxylic acids is 1. The highest BCUT2D eigenvalue weighted by Crippen LogP contribution is 2.46. The lowest BCUT2D eigenvalue weighted by atomic mass is 9.83. The molecular formula is C22H24N4OS2. The largest absolute Gasteiger partial charge is 0.347 e. The van der Waals surface area contributed by atoms with Gasteiger partial charge in [0.25, 0.3) is 0 Å². The summed E-state index contributed by atoms with van der Waals surface area (Å²) in [4.78, 5) is 16.0. The standard InChI is InChI=1S/C22H24N4OS2/c1-5-26-20(18-11-8-12-28-18)23-24-21(26)29-14-15(27)13-19-22(2,3)16-9-6-7-10-17(16)25(19)4/h6-13H,5,14H2,1-4H3/b19-13+. The number of nitrogens with zero attached hydrogens (tertiary/aromatic N) is 4. The van der Waals surface area contributed by atoms with Gasteiger partial charge in [-0.1, -0.05) is 49.9 Å². The van der Waals surface area contributed by atoms with Gasteiger partial charge in [-0.2, -0.15) is 0 Å². The van der Waals surface area contributed by atoms with E-state index in [0.717, 1.165) is 33.8 Å². The second kappa shape index (κ2) is 7.80. The third-order valence-corrected chi connectivity index (χ3v) is 7.21. The maximum Gasteiger partial charge on any atom is 0.191 e. The quantitative estimate of drug-likeness (QED) is 0.412. The van der Waals surface area contributed by atoms with E-state index in [0.29, 0.717) is 5.75 Å². The number of benzene rings is 1. The highest BCUT2D eigenvalue weighted by Gasteiger charge is 2.38. The van der Waals surface area contributed by atoms with E-state index in [1.54, 1.807) is 17.4 Å². The third kappa shape index (κ3) is 3.53. The SMILES string of the molecule is CCn1c(SCC(=O)/C=C2/N(C)c3ccccc3C2(C)C)nnc1-c1cccs1. The van der Waals surface area contributed by atoms with Crippen LogP contribution in [0.1, 0.15) is 26.3 Å². The average Bonchev–Trinajstić information content (AvgIpc) is 3.42. The van der Waals surface area contributed by atoms with Crippen LogP contribution in [0.15, 0.2) is 58.7 Å². The zero-order chi connectivity index (χ0) is 20.6. The number of allylic oxidation sites excluding steroid dienone is 2. The molecule has 4 rings (SSSR count). The summed E-state index contributed by atoms with van der Waals surface area (Å²) in [6.45, 7) is 7.18. The minimum Gasteiger partial charge on any atom is -0.347 e. The monoisotopic (exact) mass is 424 g/mol. The Hall–Kier alpha value is -2.38. The Morgan fingerprint density at radius 1 is 1.21 bits per heavy atom. The van der Waals surface area contributed by atoms with E-state index < -0.39 is 0 Å². The summed E-state index contributed by atoms with van der Waals surface area (Å²) >= 11 is 3.09. The third-order valence-electron chi connectivity index (χ3n) is 5.36. The van der Waals surface area contributed by atoms with E-state index in [1.807, 2.05) is 30.6 Å². The number of thiophene rings is 1. The number of likely N-dealkylation sites (N-methyl/N-ethyl adjacent to an activating group) is 1. The van der Waals surface area contributed by atoms with Gasteiger partial charge in [0.2, 0.25) is 0 Å². The number of para-hydroxylation sites is 1. The molecule has 3 aromatic rings. The van der Waals surface area contributed by atoms with Crippen LogP contribution >= 0.6 is 23.1 Å². The van der Waals surface area contributed by atoms with E-state index in [9.17, 15) is 4.79 Å². The van der Waals surface area contributed by atoms with E-state index in [-0.39, 0.29) is 11.2 Å². The second-order valence-corrected chi connectivity index (χ2v) is 9.40. The molecule has 0 fully saturated rings. The van der Waals surface area contributed by atoms with Crippen molar-refractivity contribution in [1.82, 2.24) is 14.8 Å². The first kappa shape index (κ1) is 19.9. The number of anilines is 1. The van der Waals surface area contributed by atoms with Crippen LogP contribution in [0.25, 0.3) is 10.7 Å². The molecule has 0 aliphatic carbocycles. The number of carbonyl (C=O) groups is 1. The van der Waals surface area contributed by atoms with Crippen molar-refractivity contribution in [2.75, 3.05) is 17.7 Å². The highest BCUT2D eigenvalue weighted by molar-refractivity contribution is 7.99. The normalized spacial score (nSPS) is 16.4. The molecule has 1 aliphatic heterocycles. The van der Waals surface area contributed by atoms with Crippen molar-refractivity contribution in [2.45, 2.75) is 37.9 Å². The molecule has 2 aromatic heterocycles. The first-order chi connectivity index (χ1) is 13.9. The molecule has 0 N–H and O–H groups in total. The molecule has 29 heavy (non-hydrogen) atoms. The van der Waals surface area contributed by atoms with E-state index in [1.165, 1.54) is 17.3 Å². The fourth-order valence-electron chi connectivity index (χ4n) is 3.86. The molecule has 5 nitrogen and oxygen atoms in total. The number of ketones is 1. The van der Waals surface area contributed by atoms with Crippen molar-refractivity contribution in [3.8, 4) is 10.7 Å². The van der Waals surface area contributed by atoms with Crippen molar-refractivity contribution in [1.29, 1.82) is 0 Å². The predicted octanol–water partition coefficient (Wildman–Crippen LogP) is 5.00. The molecule has 1 aliphatic rings. The van der Waals surface area contributed by atoms with Crippen LogP contribution in [0, 0.1) is 0 Å². The number of hydrogen-bond donors (Lipinski definition) is 0. The van der Waals surface area contributed by atoms with Crippen molar-refractivity contribution in [3.63, 3.8) is 0 Å². The molecule has 0 saturated carbocycles. The summed E-state index contributed by atoms with van der Waals surface area (Å²) < 4.78 is 2.07. The van der Waals surface area contributed by atoms with Crippen LogP contribution in [0.5, 0.6) is 0 Å². The summed E-state index contributed by atoms with van der Waals surface area (Å²) in [5.41, 5.74) is 3.25. The zero-order valence-corrected chi connectivity index (χ0v) is 18.7. The van der Waals surface area contributed by atoms with Gasteiger partial charge in [-0.15, -0.1) is 21.5 Å². The number of hydrogen-bond acceptors (Lipinski definition) is 6. The summed E-state index contributed by atoms with van der Waals surface area (Å²) in [5, 5.41) is 11.5. The number of fused-ring (bicyclic) bond motifs is 1. The van der Waals surface area contributed by atoms with E-state index >= 15 is 0 Å². The molecule has 0 radical (unpaired) electrons. The Morgan fingerprint density at radius 2 is 2.00 bits per heavy atom. The first-order valence-electron chi connectivity index (χ1n) is 9.61. The zero-order valence-electron chi connectivity index (χ0n) is 17.0. The molecule has 7 heteroatoms. The van der Waals surface area contributed by atoms with Gasteiger partial charge in [-0.05, 0) is 30.0 Å². The molecule has 0 atom stereocenters. The van der Waals surface area contributed by atoms with Crippen molar-refractivity contribution < 1.29 is 4.79 Å². The Morgan fingerprint density at radius 3 is 2.69 bits per heavy atom. The summed E-state index contributed by atoms with van der Waals surface area (Å²) in [6.07, 6.45) is 1.79. The topological polar surface area (TPSA) is 51.0 Å². The molecule has 0 unspecified atom stereocenters. The molecule has 0 spiro atoms. The molecule has 0 saturated heterocycles. The molecule has 3 heterocycles. The van der Waals surface area contributed by atoms with Gasteiger partial charge in [0.05, 0.1) is 10.6 Å². The number of rotatable bonds is 6. The maximum atomic E-state index is 12.8. The molecule has 0 amide bonds. The first-order valence-corrected chi connectivity index (χ1v) is 11.5. The van der Waals surface area contributed by atoms with Crippen LogP contribution in [-0.4, -0.2) is 33.3 Å². The summed E-state index contributed by atoms with van der Waals surface area (Å²) in [5.74, 6) is 1.29. The second-order valence-electron chi connectivity index (χ2n) is 7.51. The highest BCUT2D eigenvalue weighted by atomic mass is 32.2. The molecule has 150 valence electrons. The molecule has 0 bridgehead atoms. The number of thioether (sulfide) groups is 1. The van der Waals surface area contributed by atoms with Gasteiger partial charge in [-0.3, -0.25) is 4.79 Å².